The third kappa shape index (κ3) is 2.19. The Balaban J connectivity index is 1.68. The molecule has 0 fully saturated rings. The van der Waals surface area contributed by atoms with Gasteiger partial charge in [0.1, 0.15) is 0 Å². The highest BCUT2D eigenvalue weighted by Crippen LogP contribution is 2.35. The minimum absolute atomic E-state index is 0.00866. The van der Waals surface area contributed by atoms with Crippen molar-refractivity contribution in [1.29, 1.82) is 0 Å². The molecule has 0 aliphatic heterocycles. The second kappa shape index (κ2) is 5.44. The van der Waals surface area contributed by atoms with Crippen LogP contribution in [0.15, 0.2) is 36.5 Å². The summed E-state index contributed by atoms with van der Waals surface area (Å²) in [6.07, 6.45) is 3.66. The third-order valence-electron chi connectivity index (χ3n) is 5.00. The van der Waals surface area contributed by atoms with E-state index < -0.39 is 0 Å². The number of hydrogen-bond acceptors (Lipinski definition) is 3. The number of hydrogen-bond donors (Lipinski definition) is 0. The lowest BCUT2D eigenvalue weighted by atomic mass is 10.1. The van der Waals surface area contributed by atoms with Crippen LogP contribution in [0.1, 0.15) is 39.6 Å². The first-order valence-corrected chi connectivity index (χ1v) is 8.20. The summed E-state index contributed by atoms with van der Waals surface area (Å²) in [5, 5.41) is 5.31. The average Bonchev–Trinajstić information content (AvgIpc) is 3.15. The SMILES string of the molecule is Cc1nn(C)c2ncc(C(=O)N(C)[C@H]3CCc4ccccc43)cc12. The highest BCUT2D eigenvalue weighted by Gasteiger charge is 2.29. The fourth-order valence-electron chi connectivity index (χ4n) is 3.71. The van der Waals surface area contributed by atoms with Crippen molar-refractivity contribution in [1.82, 2.24) is 19.7 Å². The van der Waals surface area contributed by atoms with Crippen molar-refractivity contribution in [2.24, 2.45) is 7.05 Å². The zero-order chi connectivity index (χ0) is 16.8. The normalized spacial score (nSPS) is 16.4. The monoisotopic (exact) mass is 320 g/mol. The molecule has 0 unspecified atom stereocenters. The Hall–Kier alpha value is -2.69. The molecule has 0 bridgehead atoms. The second-order valence-electron chi connectivity index (χ2n) is 6.47. The van der Waals surface area contributed by atoms with Crippen molar-refractivity contribution in [3.8, 4) is 0 Å². The Morgan fingerprint density at radius 2 is 2.12 bits per heavy atom. The van der Waals surface area contributed by atoms with Crippen LogP contribution in [-0.4, -0.2) is 32.6 Å². The van der Waals surface area contributed by atoms with Crippen molar-refractivity contribution in [3.05, 3.63) is 58.9 Å². The van der Waals surface area contributed by atoms with Gasteiger partial charge in [0.25, 0.3) is 5.91 Å². The third-order valence-corrected chi connectivity index (χ3v) is 5.00. The fraction of sp³-hybridized carbons (Fsp3) is 0.316. The molecule has 0 spiro atoms. The number of fused-ring (bicyclic) bond motifs is 2. The van der Waals surface area contributed by atoms with Gasteiger partial charge >= 0.3 is 0 Å². The van der Waals surface area contributed by atoms with E-state index in [1.807, 2.05) is 38.1 Å². The molecular weight excluding hydrogens is 300 g/mol. The topological polar surface area (TPSA) is 51.0 Å². The summed E-state index contributed by atoms with van der Waals surface area (Å²) >= 11 is 0. The molecule has 1 aliphatic rings. The summed E-state index contributed by atoms with van der Waals surface area (Å²) in [7, 11) is 3.75. The summed E-state index contributed by atoms with van der Waals surface area (Å²) in [4.78, 5) is 19.2. The largest absolute Gasteiger partial charge is 0.335 e. The molecule has 3 aromatic rings. The van der Waals surface area contributed by atoms with Gasteiger partial charge < -0.3 is 4.90 Å². The molecule has 1 atom stereocenters. The minimum Gasteiger partial charge on any atom is -0.335 e. The van der Waals surface area contributed by atoms with Crippen LogP contribution in [0.25, 0.3) is 11.0 Å². The van der Waals surface area contributed by atoms with E-state index >= 15 is 0 Å². The first-order chi connectivity index (χ1) is 11.6. The van der Waals surface area contributed by atoms with Crippen molar-refractivity contribution in [2.75, 3.05) is 7.05 Å². The molecule has 2 aromatic heterocycles. The highest BCUT2D eigenvalue weighted by atomic mass is 16.2. The van der Waals surface area contributed by atoms with E-state index in [0.29, 0.717) is 5.56 Å². The Kier molecular flexibility index (Phi) is 3.37. The zero-order valence-corrected chi connectivity index (χ0v) is 14.2. The average molecular weight is 320 g/mol. The van der Waals surface area contributed by atoms with Gasteiger partial charge in [-0.25, -0.2) is 4.98 Å². The minimum atomic E-state index is 0.00866. The van der Waals surface area contributed by atoms with E-state index in [2.05, 4.69) is 28.3 Å². The Morgan fingerprint density at radius 3 is 2.96 bits per heavy atom. The number of nitrogens with zero attached hydrogens (tertiary/aromatic N) is 4. The van der Waals surface area contributed by atoms with Gasteiger partial charge in [0, 0.05) is 25.7 Å². The van der Waals surface area contributed by atoms with Crippen molar-refractivity contribution >= 4 is 16.9 Å². The summed E-state index contributed by atoms with van der Waals surface area (Å²) in [6.45, 7) is 1.94. The maximum absolute atomic E-state index is 13.0. The lowest BCUT2D eigenvalue weighted by molar-refractivity contribution is 0.0730. The van der Waals surface area contributed by atoms with Crippen molar-refractivity contribution in [2.45, 2.75) is 25.8 Å². The summed E-state index contributed by atoms with van der Waals surface area (Å²) in [6, 6.07) is 10.4. The standard InChI is InChI=1S/C19H20N4O/c1-12-16-10-14(11-20-18(16)23(3)21-12)19(24)22(2)17-9-8-13-6-4-5-7-15(13)17/h4-7,10-11,17H,8-9H2,1-3H3/t17-/m0/s1. The van der Waals surface area contributed by atoms with Crippen LogP contribution in [-0.2, 0) is 13.5 Å². The first-order valence-electron chi connectivity index (χ1n) is 8.20. The van der Waals surface area contributed by atoms with Crippen LogP contribution in [0.3, 0.4) is 0 Å². The molecule has 5 heteroatoms. The molecule has 2 heterocycles. The number of carbonyl (C=O) groups excluding carboxylic acids is 1. The van der Waals surface area contributed by atoms with Gasteiger partial charge in [0.15, 0.2) is 5.65 Å². The molecule has 0 saturated carbocycles. The van der Waals surface area contributed by atoms with Gasteiger partial charge in [-0.3, -0.25) is 9.48 Å². The maximum atomic E-state index is 13.0. The van der Waals surface area contributed by atoms with Gasteiger partial charge in [-0.15, -0.1) is 0 Å². The van der Waals surface area contributed by atoms with Crippen molar-refractivity contribution < 1.29 is 4.79 Å². The smallest absolute Gasteiger partial charge is 0.255 e. The fourth-order valence-corrected chi connectivity index (χ4v) is 3.71. The lowest BCUT2D eigenvalue weighted by Crippen LogP contribution is -2.30. The molecule has 24 heavy (non-hydrogen) atoms. The number of amides is 1. The first kappa shape index (κ1) is 14.9. The molecule has 0 saturated heterocycles. The van der Waals surface area contributed by atoms with Gasteiger partial charge in [-0.1, -0.05) is 24.3 Å². The van der Waals surface area contributed by atoms with Gasteiger partial charge in [0.05, 0.1) is 17.3 Å². The lowest BCUT2D eigenvalue weighted by Gasteiger charge is -2.25. The van der Waals surface area contributed by atoms with Crippen LogP contribution in [0.2, 0.25) is 0 Å². The number of benzene rings is 1. The number of aryl methyl sites for hydroxylation is 3. The number of aromatic nitrogens is 3. The van der Waals surface area contributed by atoms with Crippen LogP contribution in [0.5, 0.6) is 0 Å². The summed E-state index contributed by atoms with van der Waals surface area (Å²) in [5.74, 6) is 0.00866. The van der Waals surface area contributed by atoms with E-state index in [0.717, 1.165) is 29.6 Å². The van der Waals surface area contributed by atoms with Crippen LogP contribution >= 0.6 is 0 Å². The van der Waals surface area contributed by atoms with Crippen LogP contribution in [0.4, 0.5) is 0 Å². The number of carbonyl (C=O) groups is 1. The molecule has 0 radical (unpaired) electrons. The Morgan fingerprint density at radius 1 is 1.33 bits per heavy atom. The number of rotatable bonds is 2. The molecule has 1 aromatic carbocycles. The predicted octanol–water partition coefficient (Wildman–Crippen LogP) is 3.04. The van der Waals surface area contributed by atoms with E-state index in [1.54, 1.807) is 10.9 Å². The van der Waals surface area contributed by atoms with E-state index in [1.165, 1.54) is 11.1 Å². The summed E-state index contributed by atoms with van der Waals surface area (Å²) in [5.41, 5.74) is 4.92. The van der Waals surface area contributed by atoms with E-state index in [9.17, 15) is 4.79 Å². The molecular formula is C19H20N4O. The number of pyridine rings is 1. The van der Waals surface area contributed by atoms with Gasteiger partial charge in [0.2, 0.25) is 0 Å². The zero-order valence-electron chi connectivity index (χ0n) is 14.2. The second-order valence-corrected chi connectivity index (χ2v) is 6.47. The highest BCUT2D eigenvalue weighted by molar-refractivity contribution is 5.97. The molecule has 122 valence electrons. The molecule has 1 amide bonds. The quantitative estimate of drug-likeness (QED) is 0.729. The van der Waals surface area contributed by atoms with E-state index in [-0.39, 0.29) is 11.9 Å². The van der Waals surface area contributed by atoms with Gasteiger partial charge in [-0.05, 0) is 37.0 Å². The maximum Gasteiger partial charge on any atom is 0.255 e. The molecule has 0 N–H and O–H groups in total. The molecule has 4 rings (SSSR count). The van der Waals surface area contributed by atoms with Crippen LogP contribution < -0.4 is 0 Å². The van der Waals surface area contributed by atoms with E-state index in [4.69, 9.17) is 0 Å². The molecule has 1 aliphatic carbocycles. The van der Waals surface area contributed by atoms with Gasteiger partial charge in [-0.2, -0.15) is 5.10 Å². The Labute approximate surface area is 140 Å². The predicted molar refractivity (Wildman–Crippen MR) is 92.8 cm³/mol. The van der Waals surface area contributed by atoms with Crippen molar-refractivity contribution in [3.63, 3.8) is 0 Å². The Bertz CT molecular complexity index is 944. The summed E-state index contributed by atoms with van der Waals surface area (Å²) < 4.78 is 1.75. The molecule has 5 nitrogen and oxygen atoms in total. The van der Waals surface area contributed by atoms with Crippen LogP contribution in [0, 0.1) is 6.92 Å².